The Hall–Kier alpha value is -1.09. The van der Waals surface area contributed by atoms with Crippen molar-refractivity contribution in [2.24, 2.45) is 0 Å². The first-order valence-corrected chi connectivity index (χ1v) is 5.82. The number of nitrogens with zero attached hydrogens (tertiary/aromatic N) is 2. The van der Waals surface area contributed by atoms with E-state index in [0.29, 0.717) is 5.56 Å². The van der Waals surface area contributed by atoms with Gasteiger partial charge in [-0.15, -0.1) is 4.79 Å². The molecule has 1 fully saturated rings. The maximum absolute atomic E-state index is 13.5. The Morgan fingerprint density at radius 1 is 1.67 bits per heavy atom. The van der Waals surface area contributed by atoms with Crippen LogP contribution in [0.4, 0.5) is 4.48 Å². The van der Waals surface area contributed by atoms with E-state index >= 15 is 0 Å². The molecule has 2 heterocycles. The zero-order valence-electron chi connectivity index (χ0n) is 9.62. The van der Waals surface area contributed by atoms with Crippen molar-refractivity contribution in [2.45, 2.75) is 31.8 Å². The Morgan fingerprint density at radius 3 is 2.89 bits per heavy atom. The van der Waals surface area contributed by atoms with Gasteiger partial charge in [0.1, 0.15) is 17.0 Å². The Kier molecular flexibility index (Phi) is 3.62. The van der Waals surface area contributed by atoms with Gasteiger partial charge in [-0.1, -0.05) is 16.7 Å². The summed E-state index contributed by atoms with van der Waals surface area (Å²) >= 11 is 4.73. The number of hydrogen-bond donors (Lipinski definition) is 2. The molecule has 18 heavy (non-hydrogen) atoms. The van der Waals surface area contributed by atoms with E-state index in [-0.39, 0.29) is 22.5 Å². The van der Waals surface area contributed by atoms with Crippen LogP contribution in [0.1, 0.15) is 18.2 Å². The fourth-order valence-electron chi connectivity index (χ4n) is 1.92. The summed E-state index contributed by atoms with van der Waals surface area (Å²) in [6.45, 7) is 1.21. The molecule has 6 nitrogen and oxygen atoms in total. The van der Waals surface area contributed by atoms with E-state index in [1.807, 2.05) is 0 Å². The highest BCUT2D eigenvalue weighted by Crippen LogP contribution is 2.27. The molecule has 2 rings (SSSR count). The van der Waals surface area contributed by atoms with E-state index in [1.165, 1.54) is 6.20 Å². The van der Waals surface area contributed by atoms with Crippen molar-refractivity contribution in [1.82, 2.24) is 9.36 Å². The second-order valence-electron chi connectivity index (χ2n) is 4.20. The molecule has 1 aromatic heterocycles. The molecule has 0 amide bonds. The normalized spacial score (nSPS) is 27.7. The van der Waals surface area contributed by atoms with Gasteiger partial charge in [-0.05, 0) is 6.92 Å². The lowest BCUT2D eigenvalue weighted by molar-refractivity contribution is -0.0469. The Balaban J connectivity index is 2.42. The predicted octanol–water partition coefficient (Wildman–Crippen LogP) is 0.0610. The number of aliphatic hydroxyl groups excluding tert-OH is 2. The van der Waals surface area contributed by atoms with Crippen molar-refractivity contribution in [3.8, 4) is 0 Å². The van der Waals surface area contributed by atoms with Gasteiger partial charge in [-0.3, -0.25) is 4.57 Å². The summed E-state index contributed by atoms with van der Waals surface area (Å²) in [5, 5.41) is 18.5. The molecule has 0 radical (unpaired) electrons. The van der Waals surface area contributed by atoms with Crippen LogP contribution in [0.15, 0.2) is 11.0 Å². The lowest BCUT2D eigenvalue weighted by atomic mass is 10.2. The first-order chi connectivity index (χ1) is 8.45. The van der Waals surface area contributed by atoms with E-state index < -0.39 is 24.1 Å². The molecule has 100 valence electrons. The zero-order valence-corrected chi connectivity index (χ0v) is 10.4. The molecule has 2 N–H and O–H groups in total. The largest absolute Gasteiger partial charge is 0.394 e. The fourth-order valence-corrected chi connectivity index (χ4v) is 2.05. The van der Waals surface area contributed by atoms with Crippen molar-refractivity contribution in [2.75, 3.05) is 6.61 Å². The Bertz CT molecular complexity index is 570. The molecule has 1 saturated heterocycles. The summed E-state index contributed by atoms with van der Waals surface area (Å²) in [6.07, 6.45) is -0.956. The zero-order chi connectivity index (χ0) is 13.4. The molecular formula is C10H13FN2O4S. The molecular weight excluding hydrogens is 263 g/mol. The second kappa shape index (κ2) is 4.88. The highest BCUT2D eigenvalue weighted by atomic mass is 32.1. The van der Waals surface area contributed by atoms with Crippen LogP contribution in [-0.4, -0.2) is 38.4 Å². The van der Waals surface area contributed by atoms with Gasteiger partial charge in [0.15, 0.2) is 0 Å². The summed E-state index contributed by atoms with van der Waals surface area (Å²) in [7, 11) is 0. The van der Waals surface area contributed by atoms with E-state index in [4.69, 9.17) is 22.1 Å². The topological polar surface area (TPSA) is 76.6 Å². The van der Waals surface area contributed by atoms with Crippen LogP contribution in [0.25, 0.3) is 0 Å². The molecule has 1 aliphatic rings. The van der Waals surface area contributed by atoms with Crippen molar-refractivity contribution in [1.29, 1.82) is 0 Å². The third kappa shape index (κ3) is 2.12. The van der Waals surface area contributed by atoms with Gasteiger partial charge in [0.25, 0.3) is 0 Å². The maximum Gasteiger partial charge on any atom is 0.359 e. The molecule has 3 atom stereocenters. The van der Waals surface area contributed by atoms with E-state index in [1.54, 1.807) is 6.92 Å². The second-order valence-corrected chi connectivity index (χ2v) is 4.59. The first-order valence-electron chi connectivity index (χ1n) is 5.41. The van der Waals surface area contributed by atoms with Crippen LogP contribution in [0, 0.1) is 11.6 Å². The number of aryl methyl sites for hydroxylation is 1. The van der Waals surface area contributed by atoms with Crippen LogP contribution in [0.2, 0.25) is 0 Å². The van der Waals surface area contributed by atoms with Gasteiger partial charge in [-0.2, -0.15) is 0 Å². The van der Waals surface area contributed by atoms with Gasteiger partial charge >= 0.3 is 5.69 Å². The Labute approximate surface area is 107 Å². The highest BCUT2D eigenvalue weighted by Gasteiger charge is 2.35. The van der Waals surface area contributed by atoms with Crippen molar-refractivity contribution < 1.29 is 19.4 Å². The molecule has 0 saturated carbocycles. The van der Waals surface area contributed by atoms with Gasteiger partial charge in [0, 0.05) is 18.2 Å². The van der Waals surface area contributed by atoms with Crippen LogP contribution in [0.5, 0.6) is 0 Å². The minimum absolute atomic E-state index is 0.112. The molecule has 0 aromatic carbocycles. The summed E-state index contributed by atoms with van der Waals surface area (Å²) in [4.78, 5) is 11.6. The van der Waals surface area contributed by atoms with Gasteiger partial charge in [-0.25, -0.2) is 4.79 Å². The van der Waals surface area contributed by atoms with Crippen molar-refractivity contribution in [3.63, 3.8) is 0 Å². The van der Waals surface area contributed by atoms with Crippen LogP contribution in [-0.2, 0) is 4.74 Å². The molecule has 0 spiro atoms. The average molecular weight is 276 g/mol. The summed E-state index contributed by atoms with van der Waals surface area (Å²) < 4.78 is 19.6. The molecule has 8 heteroatoms. The number of aromatic nitrogens is 2. The van der Waals surface area contributed by atoms with Gasteiger partial charge in [0.05, 0.1) is 12.7 Å². The minimum Gasteiger partial charge on any atom is -0.394 e. The lowest BCUT2D eigenvalue weighted by Crippen LogP contribution is -2.31. The van der Waals surface area contributed by atoms with Crippen molar-refractivity contribution in [3.05, 3.63) is 26.9 Å². The van der Waals surface area contributed by atoms with E-state index in [9.17, 15) is 14.4 Å². The van der Waals surface area contributed by atoms with E-state index in [2.05, 4.69) is 0 Å². The smallest absolute Gasteiger partial charge is 0.359 e. The van der Waals surface area contributed by atoms with Crippen LogP contribution >= 0.6 is 12.2 Å². The molecule has 1 aliphatic heterocycles. The molecule has 1 aromatic rings. The number of rotatable bonds is 2. The summed E-state index contributed by atoms with van der Waals surface area (Å²) in [5.41, 5.74) is -0.543. The third-order valence-electron chi connectivity index (χ3n) is 2.93. The highest BCUT2D eigenvalue weighted by molar-refractivity contribution is 7.71. The number of ether oxygens (including phenoxy) is 1. The number of aliphatic hydroxyl groups is 2. The quantitative estimate of drug-likeness (QED) is 0.747. The SMILES string of the molecule is Cc1cn([C@H]2C[C@H](O)[C@@H](CO)O2)c(=O)n(F)c1=S. The maximum atomic E-state index is 13.5. The molecule has 0 unspecified atom stereocenters. The van der Waals surface area contributed by atoms with Crippen LogP contribution < -0.4 is 5.69 Å². The lowest BCUT2D eigenvalue weighted by Gasteiger charge is -2.15. The van der Waals surface area contributed by atoms with Crippen LogP contribution in [0.3, 0.4) is 0 Å². The summed E-state index contributed by atoms with van der Waals surface area (Å²) in [6, 6.07) is 0. The monoisotopic (exact) mass is 276 g/mol. The molecule has 0 aliphatic carbocycles. The van der Waals surface area contributed by atoms with Gasteiger partial charge < -0.3 is 14.9 Å². The summed E-state index contributed by atoms with van der Waals surface area (Å²) in [5.74, 6) is 0. The van der Waals surface area contributed by atoms with E-state index in [0.717, 1.165) is 4.57 Å². The number of hydrogen-bond acceptors (Lipinski definition) is 5. The number of halogens is 1. The van der Waals surface area contributed by atoms with Gasteiger partial charge in [0.2, 0.25) is 0 Å². The minimum atomic E-state index is -0.957. The Morgan fingerprint density at radius 2 is 2.33 bits per heavy atom. The average Bonchev–Trinajstić information content (AvgIpc) is 2.72. The fraction of sp³-hybridized carbons (Fsp3) is 0.600. The standard InChI is InChI=1S/C10H13FN2O4S/c1-5-3-12(10(16)13(11)9(5)18)8-2-6(15)7(4-14)17-8/h3,6-8,14-15H,2,4H2,1H3/t6-,7+,8+/m0/s1. The third-order valence-corrected chi connectivity index (χ3v) is 3.41. The predicted molar refractivity (Wildman–Crippen MR) is 62.4 cm³/mol. The first kappa shape index (κ1) is 13.3. The molecule has 0 bridgehead atoms. The van der Waals surface area contributed by atoms with Crippen molar-refractivity contribution >= 4 is 12.2 Å².